The van der Waals surface area contributed by atoms with E-state index >= 15 is 0 Å². The molecule has 1 rings (SSSR count). The number of halogens is 2. The van der Waals surface area contributed by atoms with Gasteiger partial charge >= 0.3 is 0 Å². The van der Waals surface area contributed by atoms with Crippen molar-refractivity contribution in [1.82, 2.24) is 0 Å². The third-order valence-corrected chi connectivity index (χ3v) is 4.28. The van der Waals surface area contributed by atoms with Gasteiger partial charge in [0, 0.05) is 8.96 Å². The summed E-state index contributed by atoms with van der Waals surface area (Å²) in [5, 5.41) is 0. The van der Waals surface area contributed by atoms with E-state index in [0.29, 0.717) is 0 Å². The molecule has 0 heterocycles. The second-order valence-electron chi connectivity index (χ2n) is 3.19. The fourth-order valence-electron chi connectivity index (χ4n) is 1.18. The zero-order valence-corrected chi connectivity index (χ0v) is 11.4. The van der Waals surface area contributed by atoms with E-state index in [0.717, 1.165) is 6.42 Å². The van der Waals surface area contributed by atoms with Gasteiger partial charge in [0.05, 0.1) is 0 Å². The maximum Gasteiger partial charge on any atom is 0.0348 e. The molecule has 0 atom stereocenters. The summed E-state index contributed by atoms with van der Waals surface area (Å²) in [5.74, 6) is 0. The number of hydrogen-bond acceptors (Lipinski definition) is 0. The van der Waals surface area contributed by atoms with Crippen LogP contribution in [0.15, 0.2) is 34.8 Å². The molecule has 0 aromatic heterocycles. The predicted molar refractivity (Wildman–Crippen MR) is 70.7 cm³/mol. The number of allylic oxidation sites excluding steroid dienone is 1. The van der Waals surface area contributed by atoms with Gasteiger partial charge in [-0.2, -0.15) is 0 Å². The van der Waals surface area contributed by atoms with Crippen molar-refractivity contribution >= 4 is 36.3 Å². The summed E-state index contributed by atoms with van der Waals surface area (Å²) in [5.41, 5.74) is 1.23. The van der Waals surface area contributed by atoms with E-state index in [2.05, 4.69) is 63.0 Å². The molecule has 0 bridgehead atoms. The Labute approximate surface area is 103 Å². The largest absolute Gasteiger partial charge is 0.0654 e. The molecule has 0 unspecified atom stereocenters. The molecule has 2 heteroatoms. The summed E-state index contributed by atoms with van der Waals surface area (Å²) < 4.78 is 2.43. The second-order valence-corrected chi connectivity index (χ2v) is 4.94. The summed E-state index contributed by atoms with van der Waals surface area (Å²) in [7, 11) is 0. The second kappa shape index (κ2) is 6.41. The highest BCUT2D eigenvalue weighted by atomic mass is 79.9. The van der Waals surface area contributed by atoms with Crippen molar-refractivity contribution in [2.45, 2.75) is 26.2 Å². The molecule has 0 spiro atoms. The van der Waals surface area contributed by atoms with Gasteiger partial charge in [0.15, 0.2) is 0 Å². The Kier molecular flexibility index (Phi) is 5.49. The van der Waals surface area contributed by atoms with E-state index in [9.17, 15) is 0 Å². The SMILES string of the molecule is CCCC/C(Br)=C(\Br)c1ccccc1. The van der Waals surface area contributed by atoms with E-state index in [1.54, 1.807) is 0 Å². The zero-order chi connectivity index (χ0) is 10.4. The molecular formula is C12H14Br2. The van der Waals surface area contributed by atoms with Gasteiger partial charge in [-0.3, -0.25) is 0 Å². The van der Waals surface area contributed by atoms with E-state index in [4.69, 9.17) is 0 Å². The summed E-state index contributed by atoms with van der Waals surface area (Å²) in [6, 6.07) is 10.4. The average molecular weight is 318 g/mol. The van der Waals surface area contributed by atoms with Gasteiger partial charge in [0.25, 0.3) is 0 Å². The van der Waals surface area contributed by atoms with Crippen LogP contribution >= 0.6 is 31.9 Å². The van der Waals surface area contributed by atoms with Crippen LogP contribution in [0.5, 0.6) is 0 Å². The van der Waals surface area contributed by atoms with Crippen LogP contribution in [0, 0.1) is 0 Å². The molecule has 0 radical (unpaired) electrons. The Morgan fingerprint density at radius 1 is 1.14 bits per heavy atom. The molecule has 0 amide bonds. The first-order valence-electron chi connectivity index (χ1n) is 4.85. The van der Waals surface area contributed by atoms with Crippen LogP contribution in [0.1, 0.15) is 31.7 Å². The van der Waals surface area contributed by atoms with Gasteiger partial charge in [-0.25, -0.2) is 0 Å². The Balaban J connectivity index is 2.77. The first kappa shape index (κ1) is 12.0. The van der Waals surface area contributed by atoms with Crippen molar-refractivity contribution in [2.24, 2.45) is 0 Å². The molecule has 0 nitrogen and oxygen atoms in total. The minimum Gasteiger partial charge on any atom is -0.0654 e. The van der Waals surface area contributed by atoms with Crippen molar-refractivity contribution in [3.63, 3.8) is 0 Å². The normalized spacial score (nSPS) is 12.5. The minimum absolute atomic E-state index is 1.10. The van der Waals surface area contributed by atoms with E-state index in [1.807, 2.05) is 6.07 Å². The lowest BCUT2D eigenvalue weighted by Gasteiger charge is -2.03. The molecular weight excluding hydrogens is 304 g/mol. The third kappa shape index (κ3) is 3.58. The topological polar surface area (TPSA) is 0 Å². The number of unbranched alkanes of at least 4 members (excludes halogenated alkanes) is 1. The molecule has 0 fully saturated rings. The number of hydrogen-bond donors (Lipinski definition) is 0. The van der Waals surface area contributed by atoms with Crippen molar-refractivity contribution in [3.05, 3.63) is 40.4 Å². The lowest BCUT2D eigenvalue weighted by Crippen LogP contribution is -1.80. The summed E-state index contributed by atoms with van der Waals surface area (Å²) in [6.45, 7) is 2.21. The number of rotatable bonds is 4. The highest BCUT2D eigenvalue weighted by molar-refractivity contribution is 9.16. The Morgan fingerprint density at radius 2 is 1.79 bits per heavy atom. The van der Waals surface area contributed by atoms with Crippen LogP contribution in [-0.2, 0) is 0 Å². The molecule has 76 valence electrons. The highest BCUT2D eigenvalue weighted by Gasteiger charge is 2.02. The first-order chi connectivity index (χ1) is 6.75. The van der Waals surface area contributed by atoms with E-state index < -0.39 is 0 Å². The van der Waals surface area contributed by atoms with Gasteiger partial charge in [-0.15, -0.1) is 0 Å². The smallest absolute Gasteiger partial charge is 0.0348 e. The number of benzene rings is 1. The Hall–Kier alpha value is -0.0800. The average Bonchev–Trinajstić information content (AvgIpc) is 2.26. The highest BCUT2D eigenvalue weighted by Crippen LogP contribution is 2.31. The first-order valence-corrected chi connectivity index (χ1v) is 6.44. The molecule has 0 aliphatic heterocycles. The summed E-state index contributed by atoms with van der Waals surface area (Å²) >= 11 is 7.23. The third-order valence-electron chi connectivity index (χ3n) is 2.02. The van der Waals surface area contributed by atoms with Crippen LogP contribution in [0.3, 0.4) is 0 Å². The maximum absolute atomic E-state index is 3.61. The van der Waals surface area contributed by atoms with Gasteiger partial charge in [-0.1, -0.05) is 59.6 Å². The van der Waals surface area contributed by atoms with Gasteiger partial charge in [-0.05, 0) is 34.3 Å². The molecule has 0 saturated heterocycles. The fraction of sp³-hybridized carbons (Fsp3) is 0.333. The quantitative estimate of drug-likeness (QED) is 0.703. The molecule has 14 heavy (non-hydrogen) atoms. The molecule has 0 N–H and O–H groups in total. The van der Waals surface area contributed by atoms with Gasteiger partial charge in [0.2, 0.25) is 0 Å². The Morgan fingerprint density at radius 3 is 2.36 bits per heavy atom. The standard InChI is InChI=1S/C12H14Br2/c1-2-3-9-11(13)12(14)10-7-5-4-6-8-10/h4-8H,2-3,9H2,1H3/b12-11+. The van der Waals surface area contributed by atoms with Crippen LogP contribution in [-0.4, -0.2) is 0 Å². The molecule has 1 aromatic rings. The fourth-order valence-corrected chi connectivity index (χ4v) is 2.15. The van der Waals surface area contributed by atoms with Crippen LogP contribution < -0.4 is 0 Å². The zero-order valence-electron chi connectivity index (χ0n) is 8.26. The van der Waals surface area contributed by atoms with E-state index in [-0.39, 0.29) is 0 Å². The van der Waals surface area contributed by atoms with Crippen molar-refractivity contribution in [2.75, 3.05) is 0 Å². The summed E-state index contributed by atoms with van der Waals surface area (Å²) in [6.07, 6.45) is 3.55. The molecule has 1 aromatic carbocycles. The van der Waals surface area contributed by atoms with Crippen LogP contribution in [0.4, 0.5) is 0 Å². The minimum atomic E-state index is 1.10. The van der Waals surface area contributed by atoms with Crippen LogP contribution in [0.2, 0.25) is 0 Å². The lowest BCUT2D eigenvalue weighted by molar-refractivity contribution is 0.812. The van der Waals surface area contributed by atoms with Gasteiger partial charge in [0.1, 0.15) is 0 Å². The molecule has 0 aliphatic rings. The van der Waals surface area contributed by atoms with Crippen molar-refractivity contribution in [1.29, 1.82) is 0 Å². The summed E-state index contributed by atoms with van der Waals surface area (Å²) in [4.78, 5) is 0. The Bertz CT molecular complexity index is 301. The lowest BCUT2D eigenvalue weighted by atomic mass is 10.2. The van der Waals surface area contributed by atoms with Crippen molar-refractivity contribution < 1.29 is 0 Å². The van der Waals surface area contributed by atoms with Crippen molar-refractivity contribution in [3.8, 4) is 0 Å². The van der Waals surface area contributed by atoms with Gasteiger partial charge < -0.3 is 0 Å². The molecule has 0 aliphatic carbocycles. The van der Waals surface area contributed by atoms with Crippen LogP contribution in [0.25, 0.3) is 4.48 Å². The monoisotopic (exact) mass is 316 g/mol. The molecule has 0 saturated carbocycles. The maximum atomic E-state index is 3.61. The predicted octanol–water partition coefficient (Wildman–Crippen LogP) is 5.34. The van der Waals surface area contributed by atoms with E-state index in [1.165, 1.54) is 27.4 Å².